The number of esters is 1. The van der Waals surface area contributed by atoms with E-state index in [0.717, 1.165) is 50.5 Å². The van der Waals surface area contributed by atoms with Crippen LogP contribution in [0.5, 0.6) is 0 Å². The van der Waals surface area contributed by atoms with Gasteiger partial charge >= 0.3 is 18.0 Å². The number of aliphatic carboxylic acids is 1. The summed E-state index contributed by atoms with van der Waals surface area (Å²) in [6, 6.07) is 0.0930. The van der Waals surface area contributed by atoms with Crippen molar-refractivity contribution in [1.82, 2.24) is 4.90 Å². The van der Waals surface area contributed by atoms with E-state index in [1.54, 1.807) is 11.9 Å². The first-order valence-electron chi connectivity index (χ1n) is 14.3. The van der Waals surface area contributed by atoms with Gasteiger partial charge in [-0.25, -0.2) is 9.59 Å². The van der Waals surface area contributed by atoms with E-state index >= 15 is 0 Å². The van der Waals surface area contributed by atoms with Crippen LogP contribution in [-0.2, 0) is 19.1 Å². The molecule has 38 heavy (non-hydrogen) atoms. The van der Waals surface area contributed by atoms with Crippen LogP contribution in [0.15, 0.2) is 11.6 Å². The van der Waals surface area contributed by atoms with Gasteiger partial charge in [0.05, 0.1) is 12.2 Å². The van der Waals surface area contributed by atoms with Crippen molar-refractivity contribution in [2.24, 2.45) is 40.4 Å². The van der Waals surface area contributed by atoms with Gasteiger partial charge in [-0.15, -0.1) is 0 Å². The van der Waals surface area contributed by atoms with Crippen LogP contribution in [-0.4, -0.2) is 76.8 Å². The molecule has 1 amide bonds. The lowest BCUT2D eigenvalue weighted by Gasteiger charge is -2.64. The maximum atomic E-state index is 12.6. The van der Waals surface area contributed by atoms with Crippen LogP contribution < -0.4 is 0 Å². The highest BCUT2D eigenvalue weighted by molar-refractivity contribution is 5.85. The Labute approximate surface area is 224 Å². The normalized spacial score (nSPS) is 43.8. The van der Waals surface area contributed by atoms with Crippen LogP contribution in [0.4, 0.5) is 4.79 Å². The second-order valence-electron chi connectivity index (χ2n) is 13.1. The topological polar surface area (TPSA) is 134 Å². The van der Waals surface area contributed by atoms with Gasteiger partial charge in [0.25, 0.3) is 0 Å². The first kappa shape index (κ1) is 27.4. The number of carbonyl (C=O) groups excluding carboxylic acids is 2. The summed E-state index contributed by atoms with van der Waals surface area (Å²) in [5.74, 6) is -0.838. The molecular weight excluding hydrogens is 490 g/mol. The molecular formula is C29H43NO8. The summed E-state index contributed by atoms with van der Waals surface area (Å²) in [6.45, 7) is 4.49. The molecule has 5 aliphatic rings. The molecule has 0 saturated heterocycles. The molecule has 0 unspecified atom stereocenters. The van der Waals surface area contributed by atoms with Gasteiger partial charge < -0.3 is 29.7 Å². The number of carboxylic acid groups (broad SMARTS) is 1. The maximum absolute atomic E-state index is 12.6. The van der Waals surface area contributed by atoms with E-state index in [2.05, 4.69) is 13.8 Å². The highest BCUT2D eigenvalue weighted by Gasteiger charge is 2.70. The Morgan fingerprint density at radius 3 is 2.58 bits per heavy atom. The average Bonchev–Trinajstić information content (AvgIpc) is 3.38. The van der Waals surface area contributed by atoms with Gasteiger partial charge in [0.15, 0.2) is 0 Å². The molecule has 3 N–H and O–H groups in total. The molecule has 9 atom stereocenters. The molecule has 9 heteroatoms. The fraction of sp³-hybridized carbons (Fsp3) is 0.828. The molecule has 212 valence electrons. The molecule has 9 nitrogen and oxygen atoms in total. The minimum atomic E-state index is -0.997. The minimum Gasteiger partial charge on any atom is -0.481 e. The molecule has 4 aliphatic carbocycles. The number of rotatable bonds is 6. The fourth-order valence-electron chi connectivity index (χ4n) is 9.85. The van der Waals surface area contributed by atoms with Crippen molar-refractivity contribution in [2.75, 3.05) is 26.9 Å². The summed E-state index contributed by atoms with van der Waals surface area (Å²) in [6.07, 6.45) is 7.88. The Morgan fingerprint density at radius 1 is 1.16 bits per heavy atom. The van der Waals surface area contributed by atoms with Crippen molar-refractivity contribution in [3.05, 3.63) is 11.6 Å². The molecule has 0 aromatic heterocycles. The van der Waals surface area contributed by atoms with Crippen LogP contribution in [0.3, 0.4) is 0 Å². The molecule has 0 bridgehead atoms. The van der Waals surface area contributed by atoms with Gasteiger partial charge in [-0.05, 0) is 91.9 Å². The van der Waals surface area contributed by atoms with Crippen LogP contribution in [0.25, 0.3) is 0 Å². The van der Waals surface area contributed by atoms with E-state index in [1.807, 2.05) is 0 Å². The zero-order chi connectivity index (χ0) is 27.5. The van der Waals surface area contributed by atoms with Crippen molar-refractivity contribution < 1.29 is 39.2 Å². The summed E-state index contributed by atoms with van der Waals surface area (Å²) < 4.78 is 10.4. The first-order chi connectivity index (χ1) is 17.9. The molecule has 4 fully saturated rings. The van der Waals surface area contributed by atoms with Gasteiger partial charge in [0.1, 0.15) is 13.2 Å². The van der Waals surface area contributed by atoms with Crippen molar-refractivity contribution in [3.63, 3.8) is 0 Å². The Bertz CT molecular complexity index is 1010. The quantitative estimate of drug-likeness (QED) is 0.443. The number of aliphatic hydroxyl groups is 2. The third-order valence-corrected chi connectivity index (χ3v) is 11.6. The van der Waals surface area contributed by atoms with E-state index in [4.69, 9.17) is 14.6 Å². The van der Waals surface area contributed by atoms with E-state index in [-0.39, 0.29) is 61.4 Å². The van der Waals surface area contributed by atoms with Gasteiger partial charge in [-0.2, -0.15) is 0 Å². The molecule has 1 heterocycles. The lowest BCUT2D eigenvalue weighted by atomic mass is 9.43. The largest absolute Gasteiger partial charge is 0.481 e. The number of cyclic esters (lactones) is 1. The summed E-state index contributed by atoms with van der Waals surface area (Å²) >= 11 is 0. The fourth-order valence-corrected chi connectivity index (χ4v) is 9.85. The van der Waals surface area contributed by atoms with Crippen LogP contribution in [0, 0.1) is 40.4 Å². The van der Waals surface area contributed by atoms with Crippen molar-refractivity contribution >= 4 is 18.0 Å². The Hall–Kier alpha value is -2.13. The number of hydrogen-bond acceptors (Lipinski definition) is 7. The van der Waals surface area contributed by atoms with E-state index in [1.165, 1.54) is 6.08 Å². The van der Waals surface area contributed by atoms with E-state index < -0.39 is 23.1 Å². The predicted octanol–water partition coefficient (Wildman–Crippen LogP) is 3.37. The van der Waals surface area contributed by atoms with Gasteiger partial charge in [-0.1, -0.05) is 13.8 Å². The minimum absolute atomic E-state index is 0.000797. The SMILES string of the molecule is CN(C(=O)OCCO)[C@H]1CC[C@@]2(C)[C@H](CC[C@@H]3[C@@H]2CC[C@]2(C)[C@@H](C4=CC(=O)OC4)[C@H](CC(=O)O)C[C@]32O)C1. The number of carboxylic acids is 1. The Kier molecular flexibility index (Phi) is 7.08. The predicted molar refractivity (Wildman–Crippen MR) is 137 cm³/mol. The summed E-state index contributed by atoms with van der Waals surface area (Å²) in [5, 5.41) is 31.3. The smallest absolute Gasteiger partial charge is 0.409 e. The monoisotopic (exact) mass is 533 g/mol. The van der Waals surface area contributed by atoms with E-state index in [0.29, 0.717) is 18.3 Å². The number of fused-ring (bicyclic) bond motifs is 5. The van der Waals surface area contributed by atoms with E-state index in [9.17, 15) is 24.6 Å². The number of hydrogen-bond donors (Lipinski definition) is 3. The molecule has 0 aromatic carbocycles. The van der Waals surface area contributed by atoms with Crippen LogP contribution >= 0.6 is 0 Å². The zero-order valence-corrected chi connectivity index (χ0v) is 22.9. The number of nitrogens with zero attached hydrogens (tertiary/aromatic N) is 1. The van der Waals surface area contributed by atoms with Crippen LogP contribution in [0.2, 0.25) is 0 Å². The number of amides is 1. The van der Waals surface area contributed by atoms with Gasteiger partial charge in [0, 0.05) is 31.0 Å². The molecule has 5 rings (SSSR count). The molecule has 0 aromatic rings. The van der Waals surface area contributed by atoms with Gasteiger partial charge in [0.2, 0.25) is 0 Å². The average molecular weight is 534 g/mol. The van der Waals surface area contributed by atoms with Crippen molar-refractivity contribution in [3.8, 4) is 0 Å². The zero-order valence-electron chi connectivity index (χ0n) is 22.9. The van der Waals surface area contributed by atoms with Crippen molar-refractivity contribution in [2.45, 2.75) is 83.3 Å². The number of ether oxygens (including phenoxy) is 2. The first-order valence-corrected chi connectivity index (χ1v) is 14.3. The van der Waals surface area contributed by atoms with Crippen LogP contribution in [0.1, 0.15) is 71.6 Å². The highest BCUT2D eigenvalue weighted by Crippen LogP contribution is 2.71. The maximum Gasteiger partial charge on any atom is 0.409 e. The van der Waals surface area contributed by atoms with Crippen molar-refractivity contribution in [1.29, 1.82) is 0 Å². The summed E-state index contributed by atoms with van der Waals surface area (Å²) in [4.78, 5) is 37.9. The second kappa shape index (κ2) is 9.81. The third kappa shape index (κ3) is 4.15. The third-order valence-electron chi connectivity index (χ3n) is 11.6. The molecule has 1 aliphatic heterocycles. The van der Waals surface area contributed by atoms with Gasteiger partial charge in [-0.3, -0.25) is 4.79 Å². The molecule has 0 radical (unpaired) electrons. The lowest BCUT2D eigenvalue weighted by molar-refractivity contribution is -0.206. The molecule has 0 spiro atoms. The summed E-state index contributed by atoms with van der Waals surface area (Å²) in [5.41, 5.74) is -0.624. The summed E-state index contributed by atoms with van der Waals surface area (Å²) in [7, 11) is 1.78. The lowest BCUT2D eigenvalue weighted by Crippen LogP contribution is -2.62. The molecule has 4 saturated carbocycles. The highest BCUT2D eigenvalue weighted by atomic mass is 16.6. The second-order valence-corrected chi connectivity index (χ2v) is 13.1. The standard InChI is InChI=1S/C29H43NO8/c1-27-8-6-20(30(3)26(35)37-11-10-31)14-19(27)4-5-22-21(27)7-9-28(2)25(18-13-24(34)38-16-18)17(12-23(32)33)15-29(22,28)36/h13,17,19-22,25,31,36H,4-12,14-16H2,1-3H3,(H,32,33)/t17-,19-,20+,21+,22-,25-,27+,28-,29+/m1/s1. The number of carbonyl (C=O) groups is 3. The number of aliphatic hydroxyl groups excluding tert-OH is 1. The Balaban J connectivity index is 1.39. The Morgan fingerprint density at radius 2 is 1.92 bits per heavy atom.